The maximum Gasteiger partial charge on any atom is 0.417 e. The molecule has 0 aromatic carbocycles. The molecule has 3 N–H and O–H groups in total. The van der Waals surface area contributed by atoms with Gasteiger partial charge in [-0.2, -0.15) is 17.6 Å². The van der Waals surface area contributed by atoms with Gasteiger partial charge in [0.25, 0.3) is 5.91 Å². The zero-order valence-corrected chi connectivity index (χ0v) is 16.2. The summed E-state index contributed by atoms with van der Waals surface area (Å²) in [6.07, 6.45) is 0.179. The molecule has 2 aromatic rings. The van der Waals surface area contributed by atoms with Crippen LogP contribution in [0.25, 0.3) is 11.1 Å². The van der Waals surface area contributed by atoms with Gasteiger partial charge in [0.15, 0.2) is 0 Å². The van der Waals surface area contributed by atoms with Crippen molar-refractivity contribution in [2.24, 2.45) is 17.6 Å². The maximum atomic E-state index is 14.6. The molecule has 0 atom stereocenters. The van der Waals surface area contributed by atoms with Crippen LogP contribution in [0.1, 0.15) is 36.9 Å². The third-order valence-electron chi connectivity index (χ3n) is 5.38. The van der Waals surface area contributed by atoms with Gasteiger partial charge >= 0.3 is 6.18 Å². The topological polar surface area (TPSA) is 80.9 Å². The number of amides is 1. The van der Waals surface area contributed by atoms with Crippen molar-refractivity contribution < 1.29 is 22.4 Å². The Bertz CT molecular complexity index is 1030. The summed E-state index contributed by atoms with van der Waals surface area (Å²) >= 11 is 0. The second-order valence-corrected chi connectivity index (χ2v) is 7.76. The number of aryl methyl sites for hydroxylation is 1. The molecule has 2 aromatic heterocycles. The van der Waals surface area contributed by atoms with Gasteiger partial charge in [0.2, 0.25) is 5.95 Å². The van der Waals surface area contributed by atoms with E-state index in [1.165, 1.54) is 19.1 Å². The Balaban J connectivity index is 1.58. The number of alkyl halides is 3. The number of hydrogen-bond donors (Lipinski definition) is 2. The average Bonchev–Trinajstić information content (AvgIpc) is 3.57. The van der Waals surface area contributed by atoms with Gasteiger partial charge in [0, 0.05) is 23.0 Å². The molecule has 0 spiro atoms. The van der Waals surface area contributed by atoms with Gasteiger partial charge in [0.1, 0.15) is 5.82 Å². The van der Waals surface area contributed by atoms with Crippen LogP contribution in [0.4, 0.5) is 23.4 Å². The van der Waals surface area contributed by atoms with Crippen molar-refractivity contribution in [3.63, 3.8) is 0 Å². The molecule has 2 heterocycles. The monoisotopic (exact) mass is 420 g/mol. The number of hydrogen-bond acceptors (Lipinski definition) is 4. The summed E-state index contributed by atoms with van der Waals surface area (Å²) in [5, 5.41) is 2.49. The second-order valence-electron chi connectivity index (χ2n) is 7.76. The largest absolute Gasteiger partial charge is 0.417 e. The zero-order chi connectivity index (χ0) is 21.6. The molecule has 2 fully saturated rings. The standard InChI is InChI=1S/C21H20F4N4O/c1-10-15(8-13(9-27-10)21(23,24)25)14-6-7-16(28-19(14)22)29-20(30)18(26)17(11-2-3-11)12-4-5-12/h6-9,11-12H,2-5,26H2,1H3,(H,28,29,30). The highest BCUT2D eigenvalue weighted by molar-refractivity contribution is 6.03. The first kappa shape index (κ1) is 20.3. The summed E-state index contributed by atoms with van der Waals surface area (Å²) in [6.45, 7) is 1.48. The van der Waals surface area contributed by atoms with Crippen LogP contribution < -0.4 is 11.1 Å². The van der Waals surface area contributed by atoms with Crippen molar-refractivity contribution in [3.8, 4) is 11.1 Å². The summed E-state index contributed by atoms with van der Waals surface area (Å²) in [6, 6.07) is 3.43. The van der Waals surface area contributed by atoms with Gasteiger partial charge in [-0.25, -0.2) is 4.98 Å². The Kier molecular flexibility index (Phi) is 4.99. The Morgan fingerprint density at radius 2 is 1.77 bits per heavy atom. The summed E-state index contributed by atoms with van der Waals surface area (Å²) in [4.78, 5) is 19.9. The summed E-state index contributed by atoms with van der Waals surface area (Å²) < 4.78 is 53.5. The van der Waals surface area contributed by atoms with Crippen molar-refractivity contribution in [2.75, 3.05) is 5.32 Å². The average molecular weight is 420 g/mol. The van der Waals surface area contributed by atoms with E-state index >= 15 is 0 Å². The van der Waals surface area contributed by atoms with Crippen molar-refractivity contribution in [3.05, 3.63) is 52.9 Å². The van der Waals surface area contributed by atoms with Gasteiger partial charge in [-0.05, 0) is 68.2 Å². The lowest BCUT2D eigenvalue weighted by Gasteiger charge is -2.13. The molecule has 2 aliphatic rings. The van der Waals surface area contributed by atoms with E-state index in [0.717, 1.165) is 37.3 Å². The number of allylic oxidation sites excluding steroid dienone is 1. The van der Waals surface area contributed by atoms with Gasteiger partial charge < -0.3 is 11.1 Å². The van der Waals surface area contributed by atoms with Crippen LogP contribution in [0.5, 0.6) is 0 Å². The van der Waals surface area contributed by atoms with Crippen molar-refractivity contribution in [1.29, 1.82) is 0 Å². The first-order valence-electron chi connectivity index (χ1n) is 9.66. The molecule has 2 aliphatic carbocycles. The highest BCUT2D eigenvalue weighted by Gasteiger charge is 2.39. The van der Waals surface area contributed by atoms with Crippen LogP contribution in [0, 0.1) is 24.7 Å². The normalized spacial score (nSPS) is 16.3. The van der Waals surface area contributed by atoms with Crippen LogP contribution in [-0.2, 0) is 11.0 Å². The van der Waals surface area contributed by atoms with E-state index in [-0.39, 0.29) is 28.3 Å². The van der Waals surface area contributed by atoms with E-state index in [0.29, 0.717) is 18.0 Å². The summed E-state index contributed by atoms with van der Waals surface area (Å²) in [7, 11) is 0. The third-order valence-corrected chi connectivity index (χ3v) is 5.38. The number of carbonyl (C=O) groups is 1. The molecule has 0 saturated heterocycles. The van der Waals surface area contributed by atoms with E-state index in [9.17, 15) is 22.4 Å². The van der Waals surface area contributed by atoms with E-state index in [2.05, 4.69) is 15.3 Å². The number of pyridine rings is 2. The maximum absolute atomic E-state index is 14.6. The number of nitrogens with two attached hydrogens (primary N) is 1. The van der Waals surface area contributed by atoms with E-state index in [1.807, 2.05) is 0 Å². The van der Waals surface area contributed by atoms with Gasteiger partial charge in [-0.3, -0.25) is 9.78 Å². The SMILES string of the molecule is Cc1ncc(C(F)(F)F)cc1-c1ccc(NC(=O)C(N)=C(C2CC2)C2CC2)nc1F. The predicted octanol–water partition coefficient (Wildman–Crippen LogP) is 4.58. The molecule has 4 rings (SSSR count). The molecule has 0 unspecified atom stereocenters. The molecule has 158 valence electrons. The number of anilines is 1. The van der Waals surface area contributed by atoms with Crippen LogP contribution >= 0.6 is 0 Å². The fraction of sp³-hybridized carbons (Fsp3) is 0.381. The minimum Gasteiger partial charge on any atom is -0.394 e. The van der Waals surface area contributed by atoms with E-state index < -0.39 is 23.6 Å². The summed E-state index contributed by atoms with van der Waals surface area (Å²) in [5.74, 6) is -0.907. The lowest BCUT2D eigenvalue weighted by molar-refractivity contribution is -0.137. The molecule has 2 saturated carbocycles. The Morgan fingerprint density at radius 1 is 1.13 bits per heavy atom. The van der Waals surface area contributed by atoms with Gasteiger partial charge in [-0.15, -0.1) is 0 Å². The molecule has 1 amide bonds. The number of nitrogens with one attached hydrogen (secondary N) is 1. The number of carbonyl (C=O) groups excluding carboxylic acids is 1. The smallest absolute Gasteiger partial charge is 0.394 e. The molecular formula is C21H20F4N4O. The molecule has 9 heteroatoms. The molecule has 5 nitrogen and oxygen atoms in total. The predicted molar refractivity (Wildman–Crippen MR) is 102 cm³/mol. The van der Waals surface area contributed by atoms with Gasteiger partial charge in [0.05, 0.1) is 11.3 Å². The molecule has 0 bridgehead atoms. The van der Waals surface area contributed by atoms with Crippen LogP contribution in [0.15, 0.2) is 35.7 Å². The van der Waals surface area contributed by atoms with Crippen molar-refractivity contribution in [2.45, 2.75) is 38.8 Å². The van der Waals surface area contributed by atoms with Gasteiger partial charge in [-0.1, -0.05) is 0 Å². The highest BCUT2D eigenvalue weighted by Crippen LogP contribution is 2.49. The van der Waals surface area contributed by atoms with Crippen LogP contribution in [0.3, 0.4) is 0 Å². The Morgan fingerprint density at radius 3 is 2.30 bits per heavy atom. The molecule has 0 radical (unpaired) electrons. The lowest BCUT2D eigenvalue weighted by Crippen LogP contribution is -2.24. The quantitative estimate of drug-likeness (QED) is 0.422. The molecule has 0 aliphatic heterocycles. The van der Waals surface area contributed by atoms with Crippen molar-refractivity contribution in [1.82, 2.24) is 9.97 Å². The summed E-state index contributed by atoms with van der Waals surface area (Å²) in [5.41, 5.74) is 6.29. The van der Waals surface area contributed by atoms with E-state index in [4.69, 9.17) is 5.73 Å². The van der Waals surface area contributed by atoms with Crippen LogP contribution in [-0.4, -0.2) is 15.9 Å². The highest BCUT2D eigenvalue weighted by atomic mass is 19.4. The minimum atomic E-state index is -4.60. The number of rotatable bonds is 5. The first-order valence-corrected chi connectivity index (χ1v) is 9.66. The zero-order valence-electron chi connectivity index (χ0n) is 16.2. The Labute approximate surface area is 170 Å². The number of nitrogens with zero attached hydrogens (tertiary/aromatic N) is 2. The fourth-order valence-corrected chi connectivity index (χ4v) is 3.54. The number of aromatic nitrogens is 2. The first-order chi connectivity index (χ1) is 14.1. The lowest BCUT2D eigenvalue weighted by atomic mass is 10.0. The molecule has 30 heavy (non-hydrogen) atoms. The van der Waals surface area contributed by atoms with Crippen LogP contribution in [0.2, 0.25) is 0 Å². The third kappa shape index (κ3) is 4.15. The molecular weight excluding hydrogens is 400 g/mol. The number of halogens is 4. The Hall–Kier alpha value is -2.97. The minimum absolute atomic E-state index is 0.0168. The fourth-order valence-electron chi connectivity index (χ4n) is 3.54. The van der Waals surface area contributed by atoms with E-state index in [1.54, 1.807) is 0 Å². The van der Waals surface area contributed by atoms with Crippen molar-refractivity contribution >= 4 is 11.7 Å². The second kappa shape index (κ2) is 7.37.